The quantitative estimate of drug-likeness (QED) is 0.798. The molecule has 2 aliphatic heterocycles. The molecule has 4 rings (SSSR count). The third-order valence-corrected chi connectivity index (χ3v) is 6.68. The molecule has 158 valence electrons. The van der Waals surface area contributed by atoms with Crippen molar-refractivity contribution in [1.29, 1.82) is 0 Å². The SMILES string of the molecule is CC1(O)CCN(C(=O)CC2CCN(c3ccc(C(=O)NC4CC4)cc3)CC2)CC1. The number of hydrogen-bond acceptors (Lipinski definition) is 4. The predicted octanol–water partition coefficient (Wildman–Crippen LogP) is 2.56. The lowest BCUT2D eigenvalue weighted by atomic mass is 9.90. The fourth-order valence-corrected chi connectivity index (χ4v) is 4.33. The molecule has 0 bridgehead atoms. The second-order valence-electron chi connectivity index (χ2n) is 9.31. The van der Waals surface area contributed by atoms with Gasteiger partial charge in [0, 0.05) is 49.9 Å². The zero-order valence-corrected chi connectivity index (χ0v) is 17.4. The van der Waals surface area contributed by atoms with Crippen molar-refractivity contribution in [2.75, 3.05) is 31.1 Å². The average Bonchev–Trinajstić information content (AvgIpc) is 3.52. The molecule has 1 aromatic rings. The van der Waals surface area contributed by atoms with Gasteiger partial charge < -0.3 is 20.2 Å². The first-order valence-corrected chi connectivity index (χ1v) is 11.1. The van der Waals surface area contributed by atoms with E-state index in [-0.39, 0.29) is 11.8 Å². The van der Waals surface area contributed by atoms with E-state index in [1.807, 2.05) is 36.1 Å². The Morgan fingerprint density at radius 1 is 1.03 bits per heavy atom. The van der Waals surface area contributed by atoms with Crippen LogP contribution in [0.15, 0.2) is 24.3 Å². The van der Waals surface area contributed by atoms with Crippen molar-refractivity contribution in [3.8, 4) is 0 Å². The van der Waals surface area contributed by atoms with E-state index in [4.69, 9.17) is 0 Å². The van der Waals surface area contributed by atoms with Gasteiger partial charge in [-0.1, -0.05) is 0 Å². The van der Waals surface area contributed by atoms with E-state index >= 15 is 0 Å². The summed E-state index contributed by atoms with van der Waals surface area (Å²) >= 11 is 0. The van der Waals surface area contributed by atoms with Gasteiger partial charge in [0.25, 0.3) is 5.91 Å². The number of hydrogen-bond donors (Lipinski definition) is 2. The number of nitrogens with one attached hydrogen (secondary N) is 1. The maximum absolute atomic E-state index is 12.6. The van der Waals surface area contributed by atoms with E-state index in [0.717, 1.165) is 50.0 Å². The van der Waals surface area contributed by atoms with Gasteiger partial charge in [-0.3, -0.25) is 9.59 Å². The monoisotopic (exact) mass is 399 g/mol. The Morgan fingerprint density at radius 3 is 2.24 bits per heavy atom. The third kappa shape index (κ3) is 5.30. The molecule has 3 aliphatic rings. The molecule has 0 unspecified atom stereocenters. The highest BCUT2D eigenvalue weighted by atomic mass is 16.3. The van der Waals surface area contributed by atoms with Crippen LogP contribution in [-0.2, 0) is 4.79 Å². The van der Waals surface area contributed by atoms with Gasteiger partial charge in [0.1, 0.15) is 0 Å². The van der Waals surface area contributed by atoms with Gasteiger partial charge in [-0.15, -0.1) is 0 Å². The average molecular weight is 400 g/mol. The van der Waals surface area contributed by atoms with Crippen LogP contribution < -0.4 is 10.2 Å². The van der Waals surface area contributed by atoms with E-state index in [0.29, 0.717) is 44.3 Å². The van der Waals surface area contributed by atoms with Crippen LogP contribution >= 0.6 is 0 Å². The van der Waals surface area contributed by atoms with Crippen molar-refractivity contribution in [3.63, 3.8) is 0 Å². The van der Waals surface area contributed by atoms with Crippen LogP contribution in [0.5, 0.6) is 0 Å². The minimum absolute atomic E-state index is 0.0236. The highest BCUT2D eigenvalue weighted by Crippen LogP contribution is 2.28. The Hall–Kier alpha value is -2.08. The maximum atomic E-state index is 12.6. The number of amides is 2. The molecule has 1 aromatic carbocycles. The summed E-state index contributed by atoms with van der Waals surface area (Å²) in [7, 11) is 0. The van der Waals surface area contributed by atoms with Gasteiger partial charge in [-0.25, -0.2) is 0 Å². The van der Waals surface area contributed by atoms with Crippen LogP contribution in [-0.4, -0.2) is 59.6 Å². The molecule has 0 spiro atoms. The van der Waals surface area contributed by atoms with Gasteiger partial charge >= 0.3 is 0 Å². The number of rotatable bonds is 5. The minimum atomic E-state index is -0.615. The lowest BCUT2D eigenvalue weighted by Gasteiger charge is -2.37. The van der Waals surface area contributed by atoms with Gasteiger partial charge in [-0.2, -0.15) is 0 Å². The standard InChI is InChI=1S/C23H33N3O3/c1-23(29)10-14-26(15-11-23)21(27)16-17-8-12-25(13-9-17)20-6-2-18(3-7-20)22(28)24-19-4-5-19/h2-3,6-7,17,19,29H,4-5,8-16H2,1H3,(H,24,28). The maximum Gasteiger partial charge on any atom is 0.251 e. The lowest BCUT2D eigenvalue weighted by Crippen LogP contribution is -2.46. The zero-order chi connectivity index (χ0) is 20.4. The second-order valence-corrected chi connectivity index (χ2v) is 9.31. The van der Waals surface area contributed by atoms with Gasteiger partial charge in [0.2, 0.25) is 5.91 Å². The van der Waals surface area contributed by atoms with E-state index in [9.17, 15) is 14.7 Å². The Morgan fingerprint density at radius 2 is 1.66 bits per heavy atom. The first-order chi connectivity index (χ1) is 13.9. The summed E-state index contributed by atoms with van der Waals surface area (Å²) < 4.78 is 0. The molecule has 6 heteroatoms. The van der Waals surface area contributed by atoms with Crippen molar-refractivity contribution >= 4 is 17.5 Å². The first kappa shape index (κ1) is 20.2. The normalized spacial score (nSPS) is 22.4. The summed E-state index contributed by atoms with van der Waals surface area (Å²) in [6, 6.07) is 8.27. The second kappa shape index (κ2) is 8.34. The number of benzene rings is 1. The Bertz CT molecular complexity index is 724. The zero-order valence-electron chi connectivity index (χ0n) is 17.4. The van der Waals surface area contributed by atoms with Crippen molar-refractivity contribution in [3.05, 3.63) is 29.8 Å². The largest absolute Gasteiger partial charge is 0.390 e. The van der Waals surface area contributed by atoms with Gasteiger partial charge in [0.05, 0.1) is 5.60 Å². The van der Waals surface area contributed by atoms with Gasteiger partial charge in [0.15, 0.2) is 0 Å². The fourth-order valence-electron chi connectivity index (χ4n) is 4.33. The summed E-state index contributed by atoms with van der Waals surface area (Å²) in [6.07, 6.45) is 6.19. The molecule has 6 nitrogen and oxygen atoms in total. The lowest BCUT2D eigenvalue weighted by molar-refractivity contribution is -0.136. The summed E-state index contributed by atoms with van der Waals surface area (Å²) in [4.78, 5) is 29.0. The van der Waals surface area contributed by atoms with E-state index < -0.39 is 5.60 Å². The smallest absolute Gasteiger partial charge is 0.251 e. The van der Waals surface area contributed by atoms with E-state index in [1.54, 1.807) is 0 Å². The number of nitrogens with zero attached hydrogens (tertiary/aromatic N) is 2. The van der Waals surface area contributed by atoms with Crippen molar-refractivity contribution < 1.29 is 14.7 Å². The van der Waals surface area contributed by atoms with E-state index in [1.165, 1.54) is 0 Å². The number of carbonyl (C=O) groups excluding carboxylic acids is 2. The number of aliphatic hydroxyl groups is 1. The third-order valence-electron chi connectivity index (χ3n) is 6.68. The van der Waals surface area contributed by atoms with Crippen molar-refractivity contribution in [2.24, 2.45) is 5.92 Å². The molecule has 0 aromatic heterocycles. The molecule has 2 heterocycles. The number of anilines is 1. The van der Waals surface area contributed by atoms with Crippen LogP contribution in [0.2, 0.25) is 0 Å². The number of carbonyl (C=O) groups is 2. The summed E-state index contributed by atoms with van der Waals surface area (Å²) in [5, 5.41) is 13.1. The molecular weight excluding hydrogens is 366 g/mol. The Kier molecular flexibility index (Phi) is 5.81. The van der Waals surface area contributed by atoms with Crippen LogP contribution in [0.1, 0.15) is 62.2 Å². The topological polar surface area (TPSA) is 72.9 Å². The molecule has 0 radical (unpaired) electrons. The van der Waals surface area contributed by atoms with E-state index in [2.05, 4.69) is 10.2 Å². The molecule has 1 saturated carbocycles. The molecule has 2 saturated heterocycles. The fraction of sp³-hybridized carbons (Fsp3) is 0.652. The molecular formula is C23H33N3O3. The van der Waals surface area contributed by atoms with Crippen LogP contribution in [0.25, 0.3) is 0 Å². The Balaban J connectivity index is 1.23. The van der Waals surface area contributed by atoms with Crippen LogP contribution in [0.4, 0.5) is 5.69 Å². The summed E-state index contributed by atoms with van der Waals surface area (Å²) in [5.74, 6) is 0.699. The Labute approximate surface area is 173 Å². The molecule has 0 atom stereocenters. The van der Waals surface area contributed by atoms with Crippen molar-refractivity contribution in [2.45, 2.75) is 63.5 Å². The minimum Gasteiger partial charge on any atom is -0.390 e. The molecule has 29 heavy (non-hydrogen) atoms. The van der Waals surface area contributed by atoms with Crippen molar-refractivity contribution in [1.82, 2.24) is 10.2 Å². The highest BCUT2D eigenvalue weighted by Gasteiger charge is 2.31. The molecule has 2 amide bonds. The number of likely N-dealkylation sites (tertiary alicyclic amines) is 1. The number of piperidine rings is 2. The predicted molar refractivity (Wildman–Crippen MR) is 113 cm³/mol. The van der Waals surface area contributed by atoms with Crippen LogP contribution in [0.3, 0.4) is 0 Å². The summed E-state index contributed by atoms with van der Waals surface area (Å²) in [6.45, 7) is 5.09. The molecule has 3 fully saturated rings. The highest BCUT2D eigenvalue weighted by molar-refractivity contribution is 5.94. The first-order valence-electron chi connectivity index (χ1n) is 11.1. The van der Waals surface area contributed by atoms with Crippen LogP contribution in [0, 0.1) is 5.92 Å². The summed E-state index contributed by atoms with van der Waals surface area (Å²) in [5.41, 5.74) is 1.26. The molecule has 2 N–H and O–H groups in total. The molecule has 1 aliphatic carbocycles. The van der Waals surface area contributed by atoms with Gasteiger partial charge in [-0.05, 0) is 75.6 Å².